The van der Waals surface area contributed by atoms with Crippen molar-refractivity contribution in [1.82, 2.24) is 15.3 Å². The maximum atomic E-state index is 11.2. The molecule has 1 aromatic heterocycles. The van der Waals surface area contributed by atoms with Crippen LogP contribution in [0.1, 0.15) is 35.3 Å². The molecular formula is C10H18N4OS. The Balaban J connectivity index is 2.48. The molecule has 0 bridgehead atoms. The molecule has 6 heteroatoms. The highest BCUT2D eigenvalue weighted by molar-refractivity contribution is 7.11. The van der Waals surface area contributed by atoms with Crippen molar-refractivity contribution in [3.05, 3.63) is 16.1 Å². The van der Waals surface area contributed by atoms with Gasteiger partial charge in [0.15, 0.2) is 5.01 Å². The number of thiazole rings is 1. The number of carbonyl (C=O) groups is 1. The first kappa shape index (κ1) is 13.1. The lowest BCUT2D eigenvalue weighted by Gasteiger charge is -2.13. The summed E-state index contributed by atoms with van der Waals surface area (Å²) >= 11 is 1.32. The van der Waals surface area contributed by atoms with Gasteiger partial charge in [0.2, 0.25) is 0 Å². The number of aromatic nitrogens is 1. The van der Waals surface area contributed by atoms with Crippen LogP contribution in [0.15, 0.2) is 5.38 Å². The number of nitrogens with two attached hydrogens (primary N) is 1. The van der Waals surface area contributed by atoms with Gasteiger partial charge in [-0.2, -0.15) is 0 Å². The quantitative estimate of drug-likeness (QED) is 0.443. The van der Waals surface area contributed by atoms with Gasteiger partial charge in [-0.25, -0.2) is 10.8 Å². The van der Waals surface area contributed by atoms with E-state index in [1.54, 1.807) is 0 Å². The van der Waals surface area contributed by atoms with Crippen LogP contribution in [0.4, 0.5) is 0 Å². The molecule has 1 heterocycles. The molecule has 0 unspecified atom stereocenters. The van der Waals surface area contributed by atoms with Gasteiger partial charge in [0.1, 0.15) is 0 Å². The molecule has 90 valence electrons. The second-order valence-corrected chi connectivity index (χ2v) is 4.57. The summed E-state index contributed by atoms with van der Waals surface area (Å²) in [7, 11) is 2.05. The van der Waals surface area contributed by atoms with Gasteiger partial charge in [-0.15, -0.1) is 11.3 Å². The number of carbonyl (C=O) groups excluding carboxylic acids is 1. The third kappa shape index (κ3) is 3.88. The second-order valence-electron chi connectivity index (χ2n) is 3.71. The topological polar surface area (TPSA) is 71.2 Å². The van der Waals surface area contributed by atoms with E-state index < -0.39 is 0 Å². The van der Waals surface area contributed by atoms with Gasteiger partial charge in [-0.1, -0.05) is 13.3 Å². The third-order valence-corrected chi connectivity index (χ3v) is 3.09. The molecule has 0 saturated carbocycles. The Hall–Kier alpha value is -0.980. The van der Waals surface area contributed by atoms with Crippen LogP contribution in [0.3, 0.4) is 0 Å². The highest BCUT2D eigenvalue weighted by atomic mass is 32.1. The van der Waals surface area contributed by atoms with Gasteiger partial charge in [0.05, 0.1) is 5.69 Å². The molecule has 0 aliphatic heterocycles. The number of hydrazine groups is 1. The van der Waals surface area contributed by atoms with Crippen LogP contribution in [0.25, 0.3) is 0 Å². The molecule has 1 aromatic rings. The maximum Gasteiger partial charge on any atom is 0.294 e. The second kappa shape index (κ2) is 6.57. The number of nitrogens with zero attached hydrogens (tertiary/aromatic N) is 2. The molecule has 1 rings (SSSR count). The Morgan fingerprint density at radius 2 is 2.44 bits per heavy atom. The number of nitrogens with one attached hydrogen (secondary N) is 1. The van der Waals surface area contributed by atoms with Crippen LogP contribution in [-0.2, 0) is 6.54 Å². The van der Waals surface area contributed by atoms with Crippen molar-refractivity contribution in [3.63, 3.8) is 0 Å². The molecule has 0 aliphatic carbocycles. The zero-order valence-electron chi connectivity index (χ0n) is 9.69. The summed E-state index contributed by atoms with van der Waals surface area (Å²) in [5, 5.41) is 2.31. The van der Waals surface area contributed by atoms with Crippen LogP contribution in [0.5, 0.6) is 0 Å². The monoisotopic (exact) mass is 242 g/mol. The van der Waals surface area contributed by atoms with Crippen LogP contribution in [0, 0.1) is 0 Å². The van der Waals surface area contributed by atoms with E-state index in [-0.39, 0.29) is 5.91 Å². The Morgan fingerprint density at radius 3 is 3.06 bits per heavy atom. The van der Waals surface area contributed by atoms with Gasteiger partial charge in [0, 0.05) is 11.9 Å². The van der Waals surface area contributed by atoms with E-state index in [2.05, 4.69) is 29.3 Å². The number of amides is 1. The molecule has 0 saturated heterocycles. The number of rotatable bonds is 6. The minimum Gasteiger partial charge on any atom is -0.301 e. The van der Waals surface area contributed by atoms with E-state index in [0.717, 1.165) is 18.8 Å². The molecule has 0 spiro atoms. The largest absolute Gasteiger partial charge is 0.301 e. The van der Waals surface area contributed by atoms with Gasteiger partial charge in [-0.05, 0) is 20.0 Å². The highest BCUT2D eigenvalue weighted by Crippen LogP contribution is 2.11. The van der Waals surface area contributed by atoms with Gasteiger partial charge < -0.3 is 4.90 Å². The first-order valence-corrected chi connectivity index (χ1v) is 6.19. The number of nitrogen functional groups attached to an aromatic ring is 1. The Kier molecular flexibility index (Phi) is 5.37. The summed E-state index contributed by atoms with van der Waals surface area (Å²) in [5.41, 5.74) is 3.00. The molecule has 1 amide bonds. The average Bonchev–Trinajstić information content (AvgIpc) is 2.73. The predicted octanol–water partition coefficient (Wildman–Crippen LogP) is 0.978. The average molecular weight is 242 g/mol. The van der Waals surface area contributed by atoms with Gasteiger partial charge in [-0.3, -0.25) is 10.2 Å². The number of hydrogen-bond acceptors (Lipinski definition) is 5. The summed E-state index contributed by atoms with van der Waals surface area (Å²) in [4.78, 5) is 17.6. The molecule has 0 fully saturated rings. The van der Waals surface area contributed by atoms with Crippen LogP contribution in [0.2, 0.25) is 0 Å². The molecule has 0 aromatic carbocycles. The fourth-order valence-electron chi connectivity index (χ4n) is 1.33. The predicted molar refractivity (Wildman–Crippen MR) is 65.0 cm³/mol. The van der Waals surface area contributed by atoms with E-state index in [1.807, 2.05) is 5.38 Å². The summed E-state index contributed by atoms with van der Waals surface area (Å²) in [5.74, 6) is 4.71. The van der Waals surface area contributed by atoms with Crippen molar-refractivity contribution in [3.8, 4) is 0 Å². The molecule has 16 heavy (non-hydrogen) atoms. The van der Waals surface area contributed by atoms with Crippen molar-refractivity contribution >= 4 is 17.2 Å². The normalized spacial score (nSPS) is 10.8. The van der Waals surface area contributed by atoms with E-state index in [1.165, 1.54) is 24.2 Å². The van der Waals surface area contributed by atoms with E-state index >= 15 is 0 Å². The summed E-state index contributed by atoms with van der Waals surface area (Å²) in [6.07, 6.45) is 2.36. The molecule has 0 aliphatic rings. The Bertz CT molecular complexity index is 339. The fraction of sp³-hybridized carbons (Fsp3) is 0.600. The lowest BCUT2D eigenvalue weighted by atomic mass is 10.3. The SMILES string of the molecule is CCCCN(C)Cc1csc(C(=O)NN)n1. The first-order chi connectivity index (χ1) is 7.67. The van der Waals surface area contributed by atoms with E-state index in [9.17, 15) is 4.79 Å². The van der Waals surface area contributed by atoms with Crippen molar-refractivity contribution in [2.24, 2.45) is 5.84 Å². The van der Waals surface area contributed by atoms with Crippen molar-refractivity contribution < 1.29 is 4.79 Å². The molecule has 3 N–H and O–H groups in total. The summed E-state index contributed by atoms with van der Waals surface area (Å²) < 4.78 is 0. The third-order valence-electron chi connectivity index (χ3n) is 2.20. The van der Waals surface area contributed by atoms with Crippen LogP contribution < -0.4 is 11.3 Å². The molecule has 0 radical (unpaired) electrons. The van der Waals surface area contributed by atoms with E-state index in [4.69, 9.17) is 5.84 Å². The van der Waals surface area contributed by atoms with Crippen molar-refractivity contribution in [1.29, 1.82) is 0 Å². The van der Waals surface area contributed by atoms with Crippen molar-refractivity contribution in [2.45, 2.75) is 26.3 Å². The van der Waals surface area contributed by atoms with Crippen molar-refractivity contribution in [2.75, 3.05) is 13.6 Å². The van der Waals surface area contributed by atoms with E-state index in [0.29, 0.717) is 5.01 Å². The lowest BCUT2D eigenvalue weighted by Crippen LogP contribution is -2.30. The molecular weight excluding hydrogens is 224 g/mol. The fourth-order valence-corrected chi connectivity index (χ4v) is 2.04. The number of unbranched alkanes of at least 4 members (excludes halogenated alkanes) is 1. The number of hydrogen-bond donors (Lipinski definition) is 2. The zero-order valence-corrected chi connectivity index (χ0v) is 10.5. The van der Waals surface area contributed by atoms with Gasteiger partial charge in [0.25, 0.3) is 5.91 Å². The first-order valence-electron chi connectivity index (χ1n) is 5.31. The summed E-state index contributed by atoms with van der Waals surface area (Å²) in [6, 6.07) is 0. The van der Waals surface area contributed by atoms with Crippen LogP contribution >= 0.6 is 11.3 Å². The smallest absolute Gasteiger partial charge is 0.294 e. The zero-order chi connectivity index (χ0) is 12.0. The standard InChI is InChI=1S/C10H18N4OS/c1-3-4-5-14(2)6-8-7-16-10(12-8)9(15)13-11/h7H,3-6,11H2,1-2H3,(H,13,15). The maximum absolute atomic E-state index is 11.2. The Morgan fingerprint density at radius 1 is 1.69 bits per heavy atom. The Labute approximate surface area is 99.6 Å². The minimum absolute atomic E-state index is 0.326. The van der Waals surface area contributed by atoms with Crippen LogP contribution in [-0.4, -0.2) is 29.4 Å². The summed E-state index contributed by atoms with van der Waals surface area (Å²) in [6.45, 7) is 3.99. The highest BCUT2D eigenvalue weighted by Gasteiger charge is 2.10. The minimum atomic E-state index is -0.326. The molecule has 5 nitrogen and oxygen atoms in total. The molecule has 0 atom stereocenters. The van der Waals surface area contributed by atoms with Gasteiger partial charge >= 0.3 is 0 Å². The lowest BCUT2D eigenvalue weighted by molar-refractivity contribution is 0.0953.